The van der Waals surface area contributed by atoms with Crippen LogP contribution < -0.4 is 4.90 Å². The molecule has 0 aromatic heterocycles. The first-order chi connectivity index (χ1) is 11.6. The van der Waals surface area contributed by atoms with Crippen molar-refractivity contribution < 1.29 is 13.9 Å². The number of aliphatic hydroxyl groups is 1. The summed E-state index contributed by atoms with van der Waals surface area (Å²) in [5.74, 6) is -0.593. The van der Waals surface area contributed by atoms with Gasteiger partial charge in [-0.1, -0.05) is 28.1 Å². The molecule has 0 radical (unpaired) electrons. The summed E-state index contributed by atoms with van der Waals surface area (Å²) >= 11 is 3.27. The van der Waals surface area contributed by atoms with Crippen LogP contribution in [0.15, 0.2) is 40.9 Å². The number of piperazine rings is 1. The Morgan fingerprint density at radius 2 is 1.71 bits per heavy atom. The molecule has 1 aliphatic rings. The van der Waals surface area contributed by atoms with Gasteiger partial charge in [0.2, 0.25) is 0 Å². The molecule has 2 aromatic rings. The number of aliphatic hydroxyl groups excluding tert-OH is 1. The van der Waals surface area contributed by atoms with Gasteiger partial charge in [0.15, 0.2) is 0 Å². The van der Waals surface area contributed by atoms with Gasteiger partial charge in [-0.25, -0.2) is 8.78 Å². The summed E-state index contributed by atoms with van der Waals surface area (Å²) in [5.41, 5.74) is 1.82. The van der Waals surface area contributed by atoms with Gasteiger partial charge in [0.25, 0.3) is 0 Å². The lowest BCUT2D eigenvalue weighted by atomic mass is 10.1. The maximum atomic E-state index is 14.0. The zero-order valence-corrected chi connectivity index (χ0v) is 14.8. The second-order valence-electron chi connectivity index (χ2n) is 5.94. The van der Waals surface area contributed by atoms with E-state index in [9.17, 15) is 8.78 Å². The Labute approximate surface area is 148 Å². The highest BCUT2D eigenvalue weighted by atomic mass is 79.9. The number of halogens is 3. The number of anilines is 1. The van der Waals surface area contributed by atoms with Gasteiger partial charge in [-0.2, -0.15) is 0 Å². The highest BCUT2D eigenvalue weighted by molar-refractivity contribution is 9.10. The van der Waals surface area contributed by atoms with Crippen molar-refractivity contribution in [2.45, 2.75) is 13.2 Å². The van der Waals surface area contributed by atoms with Gasteiger partial charge in [-0.05, 0) is 29.8 Å². The molecule has 1 fully saturated rings. The van der Waals surface area contributed by atoms with E-state index in [1.807, 2.05) is 17.0 Å². The number of benzene rings is 2. The standard InChI is InChI=1S/C18H19BrF2N2O/c19-15-3-4-18(17(21)10-15)23-7-5-22(6-8-23)11-13-1-2-14(12-24)16(20)9-13/h1-4,9-10,24H,5-8,11-12H2. The Morgan fingerprint density at radius 3 is 2.33 bits per heavy atom. The largest absolute Gasteiger partial charge is 0.392 e. The molecule has 0 aliphatic carbocycles. The van der Waals surface area contributed by atoms with Crippen LogP contribution in [0, 0.1) is 11.6 Å². The van der Waals surface area contributed by atoms with Crippen LogP contribution in [0.4, 0.5) is 14.5 Å². The predicted molar refractivity (Wildman–Crippen MR) is 93.9 cm³/mol. The fourth-order valence-corrected chi connectivity index (χ4v) is 3.29. The fourth-order valence-electron chi connectivity index (χ4n) is 2.96. The first-order valence-electron chi connectivity index (χ1n) is 7.87. The predicted octanol–water partition coefficient (Wildman–Crippen LogP) is 3.54. The third-order valence-corrected chi connectivity index (χ3v) is 4.81. The smallest absolute Gasteiger partial charge is 0.147 e. The van der Waals surface area contributed by atoms with Gasteiger partial charge < -0.3 is 10.0 Å². The average molecular weight is 397 g/mol. The lowest BCUT2D eigenvalue weighted by Crippen LogP contribution is -2.46. The third-order valence-electron chi connectivity index (χ3n) is 4.32. The van der Waals surface area contributed by atoms with Gasteiger partial charge in [0.05, 0.1) is 12.3 Å². The van der Waals surface area contributed by atoms with Crippen molar-refractivity contribution in [2.75, 3.05) is 31.1 Å². The molecule has 0 atom stereocenters. The van der Waals surface area contributed by atoms with Crippen LogP contribution in [0.5, 0.6) is 0 Å². The molecule has 0 unspecified atom stereocenters. The first kappa shape index (κ1) is 17.3. The quantitative estimate of drug-likeness (QED) is 0.855. The van der Waals surface area contributed by atoms with Crippen LogP contribution in [0.25, 0.3) is 0 Å². The zero-order chi connectivity index (χ0) is 17.1. The van der Waals surface area contributed by atoms with E-state index in [0.29, 0.717) is 17.8 Å². The molecule has 0 bridgehead atoms. The van der Waals surface area contributed by atoms with Gasteiger partial charge in [0.1, 0.15) is 11.6 Å². The van der Waals surface area contributed by atoms with E-state index in [2.05, 4.69) is 20.8 Å². The van der Waals surface area contributed by atoms with E-state index in [4.69, 9.17) is 5.11 Å². The molecule has 24 heavy (non-hydrogen) atoms. The molecule has 0 spiro atoms. The summed E-state index contributed by atoms with van der Waals surface area (Å²) in [7, 11) is 0. The minimum absolute atomic E-state index is 0.223. The van der Waals surface area contributed by atoms with E-state index >= 15 is 0 Å². The Balaban J connectivity index is 1.60. The van der Waals surface area contributed by atoms with Crippen LogP contribution in [0.2, 0.25) is 0 Å². The second-order valence-corrected chi connectivity index (χ2v) is 6.86. The summed E-state index contributed by atoms with van der Waals surface area (Å²) in [6.45, 7) is 3.41. The number of hydrogen-bond acceptors (Lipinski definition) is 3. The van der Waals surface area contributed by atoms with Crippen molar-refractivity contribution >= 4 is 21.6 Å². The summed E-state index contributed by atoms with van der Waals surface area (Å²) in [6.07, 6.45) is 0. The molecule has 128 valence electrons. The molecule has 1 saturated heterocycles. The van der Waals surface area contributed by atoms with Crippen molar-refractivity contribution in [3.63, 3.8) is 0 Å². The van der Waals surface area contributed by atoms with Crippen molar-refractivity contribution in [3.8, 4) is 0 Å². The van der Waals surface area contributed by atoms with E-state index < -0.39 is 0 Å². The zero-order valence-electron chi connectivity index (χ0n) is 13.2. The van der Waals surface area contributed by atoms with E-state index in [1.165, 1.54) is 12.1 Å². The molecule has 0 amide bonds. The minimum atomic E-state index is -0.370. The minimum Gasteiger partial charge on any atom is -0.392 e. The normalized spacial score (nSPS) is 15.8. The highest BCUT2D eigenvalue weighted by Gasteiger charge is 2.20. The van der Waals surface area contributed by atoms with Gasteiger partial charge in [0, 0.05) is 42.8 Å². The maximum absolute atomic E-state index is 14.0. The molecular formula is C18H19BrF2N2O. The number of nitrogens with zero attached hydrogens (tertiary/aromatic N) is 2. The van der Waals surface area contributed by atoms with Crippen LogP contribution in [0.3, 0.4) is 0 Å². The van der Waals surface area contributed by atoms with E-state index in [-0.39, 0.29) is 18.2 Å². The van der Waals surface area contributed by atoms with E-state index in [0.717, 1.165) is 36.2 Å². The maximum Gasteiger partial charge on any atom is 0.147 e. The molecule has 1 N–H and O–H groups in total. The topological polar surface area (TPSA) is 26.7 Å². The Hall–Kier alpha value is -1.50. The molecule has 0 saturated carbocycles. The molecule has 6 heteroatoms. The van der Waals surface area contributed by atoms with Gasteiger partial charge in [-0.3, -0.25) is 4.90 Å². The fraction of sp³-hybridized carbons (Fsp3) is 0.333. The van der Waals surface area contributed by atoms with Crippen LogP contribution in [0.1, 0.15) is 11.1 Å². The lowest BCUT2D eigenvalue weighted by molar-refractivity contribution is 0.248. The summed E-state index contributed by atoms with van der Waals surface area (Å²) in [6, 6.07) is 10.1. The molecule has 3 nitrogen and oxygen atoms in total. The number of hydrogen-bond donors (Lipinski definition) is 1. The first-order valence-corrected chi connectivity index (χ1v) is 8.66. The van der Waals surface area contributed by atoms with Crippen LogP contribution in [-0.4, -0.2) is 36.2 Å². The van der Waals surface area contributed by atoms with Crippen LogP contribution >= 0.6 is 15.9 Å². The number of rotatable bonds is 4. The monoisotopic (exact) mass is 396 g/mol. The second kappa shape index (κ2) is 7.59. The molecule has 1 heterocycles. The molecule has 3 rings (SSSR count). The van der Waals surface area contributed by atoms with E-state index in [1.54, 1.807) is 12.1 Å². The van der Waals surface area contributed by atoms with Crippen molar-refractivity contribution in [2.24, 2.45) is 0 Å². The Kier molecular flexibility index (Phi) is 5.48. The molecular weight excluding hydrogens is 378 g/mol. The third kappa shape index (κ3) is 3.94. The summed E-state index contributed by atoms with van der Waals surface area (Å²) in [4.78, 5) is 4.26. The lowest BCUT2D eigenvalue weighted by Gasteiger charge is -2.36. The van der Waals surface area contributed by atoms with Crippen molar-refractivity contribution in [1.29, 1.82) is 0 Å². The van der Waals surface area contributed by atoms with Crippen molar-refractivity contribution in [3.05, 3.63) is 63.6 Å². The average Bonchev–Trinajstić information content (AvgIpc) is 2.56. The van der Waals surface area contributed by atoms with Crippen molar-refractivity contribution in [1.82, 2.24) is 4.90 Å². The Morgan fingerprint density at radius 1 is 0.958 bits per heavy atom. The van der Waals surface area contributed by atoms with Gasteiger partial charge in [-0.15, -0.1) is 0 Å². The Bertz CT molecular complexity index is 718. The SMILES string of the molecule is OCc1ccc(CN2CCN(c3ccc(Br)cc3F)CC2)cc1F. The highest BCUT2D eigenvalue weighted by Crippen LogP contribution is 2.24. The molecule has 2 aromatic carbocycles. The summed E-state index contributed by atoms with van der Waals surface area (Å²) in [5, 5.41) is 9.02. The summed E-state index contributed by atoms with van der Waals surface area (Å²) < 4.78 is 28.5. The molecule has 1 aliphatic heterocycles. The van der Waals surface area contributed by atoms with Gasteiger partial charge >= 0.3 is 0 Å². The van der Waals surface area contributed by atoms with Crippen LogP contribution in [-0.2, 0) is 13.2 Å².